The fourth-order valence-electron chi connectivity index (χ4n) is 8.87. The number of nitriles is 1. The zero-order valence-corrected chi connectivity index (χ0v) is 31.8. The number of pyridine rings is 1. The lowest BCUT2D eigenvalue weighted by molar-refractivity contribution is 1.13. The Bertz CT molecular complexity index is 3240. The number of hydrogen-bond acceptors (Lipinski definition) is 2. The highest BCUT2D eigenvalue weighted by Crippen LogP contribution is 2.42. The van der Waals surface area contributed by atoms with Crippen LogP contribution in [0, 0.1) is 39.0 Å². The summed E-state index contributed by atoms with van der Waals surface area (Å²) >= 11 is 0. The van der Waals surface area contributed by atoms with Crippen molar-refractivity contribution in [2.45, 2.75) is 27.7 Å². The van der Waals surface area contributed by atoms with Crippen molar-refractivity contribution < 1.29 is 0 Å². The van der Waals surface area contributed by atoms with Crippen LogP contribution in [0.2, 0.25) is 0 Å². The molecule has 10 rings (SSSR count). The minimum Gasteiger partial charge on any atom is -0.309 e. The van der Waals surface area contributed by atoms with Gasteiger partial charge in [0, 0.05) is 39.5 Å². The first-order valence-corrected chi connectivity index (χ1v) is 19.1. The fourth-order valence-corrected chi connectivity index (χ4v) is 8.87. The van der Waals surface area contributed by atoms with E-state index >= 15 is 0 Å². The average molecular weight is 719 g/mol. The smallest absolute Gasteiger partial charge is 0.101 e. The highest BCUT2D eigenvalue weighted by molar-refractivity contribution is 6.12. The van der Waals surface area contributed by atoms with Gasteiger partial charge in [0.1, 0.15) is 6.07 Å². The summed E-state index contributed by atoms with van der Waals surface area (Å²) in [7, 11) is 0. The van der Waals surface area contributed by atoms with Crippen LogP contribution in [0.1, 0.15) is 27.8 Å². The lowest BCUT2D eigenvalue weighted by Crippen LogP contribution is -2.04. The van der Waals surface area contributed by atoms with Gasteiger partial charge < -0.3 is 9.13 Å². The molecule has 0 aliphatic rings. The van der Waals surface area contributed by atoms with Gasteiger partial charge in [-0.1, -0.05) is 96.1 Å². The molecule has 4 nitrogen and oxygen atoms in total. The number of hydrogen-bond donors (Lipinski definition) is 0. The first-order chi connectivity index (χ1) is 27.4. The maximum atomic E-state index is 11.0. The predicted octanol–water partition coefficient (Wildman–Crippen LogP) is 13.4. The second-order valence-electron chi connectivity index (χ2n) is 15.0. The molecule has 0 atom stereocenters. The minimum atomic E-state index is 0.594. The third-order valence-electron chi connectivity index (χ3n) is 11.4. The lowest BCUT2D eigenvalue weighted by atomic mass is 9.97. The number of nitrogens with zero attached hydrogens (tertiary/aromatic N) is 4. The molecule has 0 radical (unpaired) electrons. The molecule has 0 saturated carbocycles. The van der Waals surface area contributed by atoms with Gasteiger partial charge in [0.05, 0.1) is 39.0 Å². The van der Waals surface area contributed by atoms with Gasteiger partial charge in [-0.3, -0.25) is 4.98 Å². The van der Waals surface area contributed by atoms with E-state index in [1.165, 1.54) is 55.3 Å². The van der Waals surface area contributed by atoms with Crippen LogP contribution >= 0.6 is 0 Å². The Kier molecular flexibility index (Phi) is 7.73. The van der Waals surface area contributed by atoms with Gasteiger partial charge in [0.2, 0.25) is 0 Å². The Morgan fingerprint density at radius 2 is 0.929 bits per heavy atom. The van der Waals surface area contributed by atoms with Gasteiger partial charge >= 0.3 is 0 Å². The van der Waals surface area contributed by atoms with Crippen molar-refractivity contribution in [2.75, 3.05) is 0 Å². The summed E-state index contributed by atoms with van der Waals surface area (Å²) in [5, 5.41) is 15.7. The van der Waals surface area contributed by atoms with E-state index in [0.717, 1.165) is 55.3 Å². The molecule has 0 N–H and O–H groups in total. The molecule has 3 heterocycles. The van der Waals surface area contributed by atoms with Gasteiger partial charge in [0.15, 0.2) is 0 Å². The van der Waals surface area contributed by atoms with Crippen LogP contribution in [0.5, 0.6) is 0 Å². The van der Waals surface area contributed by atoms with Crippen molar-refractivity contribution in [3.05, 3.63) is 186 Å². The molecule has 0 spiro atoms. The number of fused-ring (bicyclic) bond motifs is 6. The number of para-hydroxylation sites is 2. The van der Waals surface area contributed by atoms with Crippen molar-refractivity contribution in [3.8, 4) is 50.8 Å². The maximum absolute atomic E-state index is 11.0. The zero-order chi connectivity index (χ0) is 38.1. The van der Waals surface area contributed by atoms with Crippen LogP contribution in [0.15, 0.2) is 158 Å². The van der Waals surface area contributed by atoms with E-state index in [1.807, 2.05) is 12.4 Å². The molecule has 56 heavy (non-hydrogen) atoms. The van der Waals surface area contributed by atoms with Crippen LogP contribution in [0.25, 0.3) is 88.4 Å². The first kappa shape index (κ1) is 33.4. The molecule has 266 valence electrons. The van der Waals surface area contributed by atoms with E-state index in [-0.39, 0.29) is 0 Å². The lowest BCUT2D eigenvalue weighted by Gasteiger charge is -2.19. The van der Waals surface area contributed by atoms with E-state index in [2.05, 4.69) is 193 Å². The molecular weight excluding hydrogens is 681 g/mol. The van der Waals surface area contributed by atoms with Crippen LogP contribution in [0.4, 0.5) is 0 Å². The minimum absolute atomic E-state index is 0.594. The van der Waals surface area contributed by atoms with Crippen molar-refractivity contribution in [2.24, 2.45) is 0 Å². The molecule has 3 aromatic heterocycles. The standard InChI is InChI=1S/C52H38N4/c1-32-13-17-40(34(3)25-32)37-15-19-49-45(27-37)42-9-5-7-11-47(42)55(49)51-30-44(36-21-23-54-24-22-36)52(29-39(51)31-53)56-48-12-8-6-10-43(48)46-28-38(16-20-50(46)56)41-18-14-33(2)26-35(41)4/h5-30H,1-4H3. The highest BCUT2D eigenvalue weighted by atomic mass is 15.0. The number of benzene rings is 7. The molecule has 10 aromatic rings. The number of aryl methyl sites for hydroxylation is 4. The van der Waals surface area contributed by atoms with Crippen LogP contribution < -0.4 is 0 Å². The van der Waals surface area contributed by atoms with Crippen LogP contribution in [-0.2, 0) is 0 Å². The number of aromatic nitrogens is 3. The van der Waals surface area contributed by atoms with Crippen LogP contribution in [-0.4, -0.2) is 14.1 Å². The molecule has 0 saturated heterocycles. The molecular formula is C52H38N4. The Hall–Kier alpha value is -7.22. The topological polar surface area (TPSA) is 46.5 Å². The maximum Gasteiger partial charge on any atom is 0.101 e. The second-order valence-corrected chi connectivity index (χ2v) is 15.0. The zero-order valence-electron chi connectivity index (χ0n) is 31.8. The first-order valence-electron chi connectivity index (χ1n) is 19.1. The Morgan fingerprint density at radius 1 is 0.429 bits per heavy atom. The average Bonchev–Trinajstić information content (AvgIpc) is 3.73. The number of rotatable bonds is 5. The highest BCUT2D eigenvalue weighted by Gasteiger charge is 2.22. The predicted molar refractivity (Wildman–Crippen MR) is 233 cm³/mol. The van der Waals surface area contributed by atoms with Crippen LogP contribution in [0.3, 0.4) is 0 Å². The largest absolute Gasteiger partial charge is 0.309 e. The van der Waals surface area contributed by atoms with Gasteiger partial charge in [-0.2, -0.15) is 5.26 Å². The monoisotopic (exact) mass is 718 g/mol. The van der Waals surface area contributed by atoms with E-state index < -0.39 is 0 Å². The van der Waals surface area contributed by atoms with E-state index in [0.29, 0.717) is 5.56 Å². The van der Waals surface area contributed by atoms with Gasteiger partial charge in [-0.25, -0.2) is 0 Å². The fraction of sp³-hybridized carbons (Fsp3) is 0.0769. The molecule has 0 aliphatic carbocycles. The summed E-state index contributed by atoms with van der Waals surface area (Å²) < 4.78 is 4.60. The summed E-state index contributed by atoms with van der Waals surface area (Å²) in [6, 6.07) is 55.0. The summed E-state index contributed by atoms with van der Waals surface area (Å²) in [4.78, 5) is 4.38. The SMILES string of the molecule is Cc1ccc(-c2ccc3c(c2)c2ccccc2n3-c2cc(-c3ccncc3)c(-n3c4ccccc4c4cc(-c5ccc(C)cc5C)ccc43)cc2C#N)c(C)c1. The second kappa shape index (κ2) is 13.0. The van der Waals surface area contributed by atoms with E-state index in [1.54, 1.807) is 0 Å². The van der Waals surface area contributed by atoms with Crippen molar-refractivity contribution in [1.82, 2.24) is 14.1 Å². The summed E-state index contributed by atoms with van der Waals surface area (Å²) in [6.07, 6.45) is 3.68. The van der Waals surface area contributed by atoms with Crippen molar-refractivity contribution in [1.29, 1.82) is 5.26 Å². The molecule has 0 amide bonds. The van der Waals surface area contributed by atoms with Crippen molar-refractivity contribution >= 4 is 43.6 Å². The molecule has 0 bridgehead atoms. The normalized spacial score (nSPS) is 11.6. The Labute approximate surface area is 326 Å². The van der Waals surface area contributed by atoms with Gasteiger partial charge in [-0.05, 0) is 127 Å². The third-order valence-corrected chi connectivity index (χ3v) is 11.4. The summed E-state index contributed by atoms with van der Waals surface area (Å²) in [6.45, 7) is 8.64. The molecule has 0 unspecified atom stereocenters. The van der Waals surface area contributed by atoms with E-state index in [4.69, 9.17) is 0 Å². The van der Waals surface area contributed by atoms with Gasteiger partial charge in [0.25, 0.3) is 0 Å². The van der Waals surface area contributed by atoms with Crippen molar-refractivity contribution in [3.63, 3.8) is 0 Å². The van der Waals surface area contributed by atoms with Gasteiger partial charge in [-0.15, -0.1) is 0 Å². The third kappa shape index (κ3) is 5.24. The summed E-state index contributed by atoms with van der Waals surface area (Å²) in [5.74, 6) is 0. The van der Waals surface area contributed by atoms with E-state index in [9.17, 15) is 5.26 Å². The summed E-state index contributed by atoms with van der Waals surface area (Å²) in [5.41, 5.74) is 18.5. The molecule has 0 fully saturated rings. The Balaban J connectivity index is 1.25. The molecule has 4 heteroatoms. The Morgan fingerprint density at radius 3 is 1.45 bits per heavy atom. The molecule has 7 aromatic carbocycles. The quantitative estimate of drug-likeness (QED) is 0.178. The molecule has 0 aliphatic heterocycles.